The van der Waals surface area contributed by atoms with Gasteiger partial charge in [0, 0.05) is 5.56 Å². The topological polar surface area (TPSA) is 49.3 Å². The van der Waals surface area contributed by atoms with Crippen LogP contribution in [-0.2, 0) is 4.79 Å². The third-order valence-corrected chi connectivity index (χ3v) is 2.58. The number of aliphatic hydroxyl groups is 1. The zero-order valence-corrected chi connectivity index (χ0v) is 10.7. The fourth-order valence-electron chi connectivity index (χ4n) is 1.32. The molecule has 1 aromatic rings. The van der Waals surface area contributed by atoms with Gasteiger partial charge in [0.1, 0.15) is 6.61 Å². The number of aryl methyl sites for hydroxylation is 1. The first-order valence-corrected chi connectivity index (χ1v) is 6.56. The molecule has 0 aliphatic heterocycles. The van der Waals surface area contributed by atoms with Crippen molar-refractivity contribution >= 4 is 23.4 Å². The quantitative estimate of drug-likeness (QED) is 0.801. The number of hydrogen-bond donors (Lipinski definition) is 2. The highest BCUT2D eigenvalue weighted by Crippen LogP contribution is 2.16. The smallest absolute Gasteiger partial charge is 0.234 e. The summed E-state index contributed by atoms with van der Waals surface area (Å²) in [6, 6.07) is 5.64. The molecule has 1 amide bonds. The predicted octanol–water partition coefficient (Wildman–Crippen LogP) is 1.64. The fourth-order valence-corrected chi connectivity index (χ4v) is 1.66. The van der Waals surface area contributed by atoms with Gasteiger partial charge in [0.05, 0.1) is 11.4 Å². The van der Waals surface area contributed by atoms with Crippen LogP contribution < -0.4 is 5.32 Å². The summed E-state index contributed by atoms with van der Waals surface area (Å²) in [5.74, 6) is 5.77. The third kappa shape index (κ3) is 4.51. The van der Waals surface area contributed by atoms with Crippen LogP contribution in [0, 0.1) is 18.8 Å². The Morgan fingerprint density at radius 2 is 2.29 bits per heavy atom. The van der Waals surface area contributed by atoms with E-state index in [1.54, 1.807) is 0 Å². The van der Waals surface area contributed by atoms with Crippen molar-refractivity contribution in [3.05, 3.63) is 29.3 Å². The van der Waals surface area contributed by atoms with Crippen LogP contribution in [0.3, 0.4) is 0 Å². The first-order valence-electron chi connectivity index (χ1n) is 5.16. The molecule has 90 valence electrons. The van der Waals surface area contributed by atoms with Gasteiger partial charge in [-0.3, -0.25) is 4.79 Å². The molecule has 1 rings (SSSR count). The van der Waals surface area contributed by atoms with Crippen molar-refractivity contribution in [3.63, 3.8) is 0 Å². The predicted molar refractivity (Wildman–Crippen MR) is 72.2 cm³/mol. The number of aliphatic hydroxyl groups excluding tert-OH is 1. The number of nitrogens with one attached hydrogen (secondary N) is 1. The highest BCUT2D eigenvalue weighted by molar-refractivity contribution is 7.99. The minimum atomic E-state index is -0.188. The van der Waals surface area contributed by atoms with E-state index >= 15 is 0 Å². The Bertz CT molecular complexity index is 460. The Kier molecular flexibility index (Phi) is 5.61. The molecule has 0 aliphatic carbocycles. The molecule has 0 saturated carbocycles. The normalized spacial score (nSPS) is 9.35. The molecular weight excluding hydrogens is 234 g/mol. The van der Waals surface area contributed by atoms with Crippen LogP contribution in [0.5, 0.6) is 0 Å². The minimum absolute atomic E-state index is 0.0462. The summed E-state index contributed by atoms with van der Waals surface area (Å²) in [4.78, 5) is 11.5. The second-order valence-electron chi connectivity index (χ2n) is 3.49. The second kappa shape index (κ2) is 7.00. The molecule has 0 aromatic heterocycles. The van der Waals surface area contributed by atoms with Gasteiger partial charge in [-0.05, 0) is 30.9 Å². The molecule has 0 fully saturated rings. The average Bonchev–Trinajstić information content (AvgIpc) is 2.28. The molecule has 0 atom stereocenters. The van der Waals surface area contributed by atoms with Gasteiger partial charge < -0.3 is 10.4 Å². The minimum Gasteiger partial charge on any atom is -0.384 e. The third-order valence-electron chi connectivity index (χ3n) is 2.03. The Morgan fingerprint density at radius 1 is 1.53 bits per heavy atom. The van der Waals surface area contributed by atoms with Crippen LogP contribution in [0.1, 0.15) is 11.1 Å². The van der Waals surface area contributed by atoms with Gasteiger partial charge in [-0.15, -0.1) is 0 Å². The lowest BCUT2D eigenvalue weighted by atomic mass is 10.1. The van der Waals surface area contributed by atoms with E-state index in [1.807, 2.05) is 31.4 Å². The molecule has 1 aromatic carbocycles. The highest BCUT2D eigenvalue weighted by Gasteiger charge is 2.05. The zero-order valence-electron chi connectivity index (χ0n) is 9.91. The first-order chi connectivity index (χ1) is 8.17. The van der Waals surface area contributed by atoms with Crippen LogP contribution in [0.4, 0.5) is 5.69 Å². The van der Waals surface area contributed by atoms with E-state index in [4.69, 9.17) is 5.11 Å². The number of hydrogen-bond acceptors (Lipinski definition) is 3. The summed E-state index contributed by atoms with van der Waals surface area (Å²) in [6.07, 6.45) is 1.88. The van der Waals surface area contributed by atoms with Crippen LogP contribution in [0.15, 0.2) is 18.2 Å². The number of carbonyl (C=O) groups is 1. The van der Waals surface area contributed by atoms with Gasteiger partial charge in [0.15, 0.2) is 0 Å². The molecule has 2 N–H and O–H groups in total. The van der Waals surface area contributed by atoms with E-state index in [0.29, 0.717) is 11.4 Å². The van der Waals surface area contributed by atoms with Gasteiger partial charge in [0.2, 0.25) is 5.91 Å². The van der Waals surface area contributed by atoms with Crippen LogP contribution in [0.25, 0.3) is 0 Å². The number of benzene rings is 1. The van der Waals surface area contributed by atoms with E-state index in [1.165, 1.54) is 11.8 Å². The largest absolute Gasteiger partial charge is 0.384 e. The van der Waals surface area contributed by atoms with Crippen molar-refractivity contribution in [2.45, 2.75) is 6.92 Å². The second-order valence-corrected chi connectivity index (χ2v) is 4.36. The van der Waals surface area contributed by atoms with Crippen molar-refractivity contribution in [1.29, 1.82) is 0 Å². The van der Waals surface area contributed by atoms with Gasteiger partial charge >= 0.3 is 0 Å². The van der Waals surface area contributed by atoms with Crippen molar-refractivity contribution < 1.29 is 9.90 Å². The van der Waals surface area contributed by atoms with E-state index in [0.717, 1.165) is 11.1 Å². The first kappa shape index (κ1) is 13.6. The molecule has 0 radical (unpaired) electrons. The molecule has 0 bridgehead atoms. The number of rotatable bonds is 3. The fraction of sp³-hybridized carbons (Fsp3) is 0.308. The summed E-state index contributed by atoms with van der Waals surface area (Å²) in [7, 11) is 0. The van der Waals surface area contributed by atoms with Gasteiger partial charge in [-0.2, -0.15) is 11.8 Å². The Morgan fingerprint density at radius 3 is 2.94 bits per heavy atom. The zero-order chi connectivity index (χ0) is 12.7. The van der Waals surface area contributed by atoms with Crippen molar-refractivity contribution in [2.75, 3.05) is 23.9 Å². The van der Waals surface area contributed by atoms with Gasteiger partial charge in [-0.1, -0.05) is 17.9 Å². The Balaban J connectivity index is 2.94. The van der Waals surface area contributed by atoms with Crippen molar-refractivity contribution in [1.82, 2.24) is 0 Å². The maximum atomic E-state index is 11.5. The summed E-state index contributed by atoms with van der Waals surface area (Å²) in [5.41, 5.74) is 2.48. The molecule has 0 heterocycles. The monoisotopic (exact) mass is 249 g/mol. The number of thioether (sulfide) groups is 1. The maximum Gasteiger partial charge on any atom is 0.234 e. The van der Waals surface area contributed by atoms with Crippen molar-refractivity contribution in [3.8, 4) is 11.8 Å². The molecule has 4 heteroatoms. The van der Waals surface area contributed by atoms with Crippen LogP contribution in [0.2, 0.25) is 0 Å². The molecule has 0 spiro atoms. The lowest BCUT2D eigenvalue weighted by Gasteiger charge is -2.07. The molecule has 0 unspecified atom stereocenters. The standard InChI is InChI=1S/C13H15NO2S/c1-10-5-6-11(4-3-7-15)12(8-10)14-13(16)9-17-2/h5-6,8,15H,7,9H2,1-2H3,(H,14,16). The van der Waals surface area contributed by atoms with Crippen LogP contribution in [-0.4, -0.2) is 29.6 Å². The van der Waals surface area contributed by atoms with Gasteiger partial charge in [0.25, 0.3) is 0 Å². The summed E-state index contributed by atoms with van der Waals surface area (Å²) < 4.78 is 0. The SMILES string of the molecule is CSCC(=O)Nc1cc(C)ccc1C#CCO. The molecule has 3 nitrogen and oxygen atoms in total. The Labute approximate surface area is 106 Å². The maximum absolute atomic E-state index is 11.5. The summed E-state index contributed by atoms with van der Waals surface area (Å²) >= 11 is 1.47. The Hall–Kier alpha value is -1.44. The molecular formula is C13H15NO2S. The van der Waals surface area contributed by atoms with E-state index in [9.17, 15) is 4.79 Å². The van der Waals surface area contributed by atoms with Crippen molar-refractivity contribution in [2.24, 2.45) is 0 Å². The summed E-state index contributed by atoms with van der Waals surface area (Å²) in [5, 5.41) is 11.5. The van der Waals surface area contributed by atoms with E-state index in [-0.39, 0.29) is 12.5 Å². The molecule has 0 saturated heterocycles. The highest BCUT2D eigenvalue weighted by atomic mass is 32.2. The van der Waals surface area contributed by atoms with E-state index < -0.39 is 0 Å². The van der Waals surface area contributed by atoms with E-state index in [2.05, 4.69) is 17.2 Å². The number of anilines is 1. The average molecular weight is 249 g/mol. The molecule has 17 heavy (non-hydrogen) atoms. The number of amides is 1. The molecule has 0 aliphatic rings. The van der Waals surface area contributed by atoms with Gasteiger partial charge in [-0.25, -0.2) is 0 Å². The lowest BCUT2D eigenvalue weighted by Crippen LogP contribution is -2.14. The lowest BCUT2D eigenvalue weighted by molar-refractivity contribution is -0.113. The summed E-state index contributed by atoms with van der Waals surface area (Å²) in [6.45, 7) is 1.76. The number of carbonyl (C=O) groups excluding carboxylic acids is 1. The van der Waals surface area contributed by atoms with Crippen LogP contribution >= 0.6 is 11.8 Å².